The molecular weight excluding hydrogens is 410 g/mol. The van der Waals surface area contributed by atoms with Crippen LogP contribution in [0.3, 0.4) is 0 Å². The van der Waals surface area contributed by atoms with Crippen molar-refractivity contribution in [1.29, 1.82) is 0 Å². The minimum atomic E-state index is -0.431. The van der Waals surface area contributed by atoms with E-state index in [1.807, 2.05) is 42.6 Å². The van der Waals surface area contributed by atoms with Crippen LogP contribution in [0.15, 0.2) is 61.2 Å². The molecule has 4 aromatic rings. The second-order valence-electron chi connectivity index (χ2n) is 7.33. The summed E-state index contributed by atoms with van der Waals surface area (Å²) in [6.07, 6.45) is 6.70. The Morgan fingerprint density at radius 3 is 2.19 bits per heavy atom. The van der Waals surface area contributed by atoms with Crippen LogP contribution in [0.4, 0.5) is 5.82 Å². The van der Waals surface area contributed by atoms with Crippen molar-refractivity contribution in [2.24, 2.45) is 0 Å². The summed E-state index contributed by atoms with van der Waals surface area (Å²) in [7, 11) is 0. The molecule has 0 saturated heterocycles. The average Bonchev–Trinajstić information content (AvgIpc) is 3.39. The quantitative estimate of drug-likeness (QED) is 0.276. The molecule has 0 aromatic carbocycles. The van der Waals surface area contributed by atoms with E-state index in [9.17, 15) is 10.1 Å². The Bertz CT molecular complexity index is 1120. The molecule has 4 aromatic heterocycles. The Kier molecular flexibility index (Phi) is 6.56. The van der Waals surface area contributed by atoms with Crippen LogP contribution in [-0.4, -0.2) is 44.3 Å². The summed E-state index contributed by atoms with van der Waals surface area (Å²) in [5, 5.41) is 19.6. The second-order valence-corrected chi connectivity index (χ2v) is 7.33. The Labute approximate surface area is 184 Å². The number of aromatic nitrogens is 7. The van der Waals surface area contributed by atoms with E-state index < -0.39 is 4.92 Å². The molecule has 0 unspecified atom stereocenters. The third-order valence-corrected chi connectivity index (χ3v) is 4.97. The highest BCUT2D eigenvalue weighted by Gasteiger charge is 2.18. The van der Waals surface area contributed by atoms with E-state index in [1.165, 1.54) is 6.20 Å². The summed E-state index contributed by atoms with van der Waals surface area (Å²) in [5.74, 6) is 0.564. The molecule has 0 fully saturated rings. The third-order valence-electron chi connectivity index (χ3n) is 4.97. The van der Waals surface area contributed by atoms with Crippen molar-refractivity contribution in [3.05, 3.63) is 94.2 Å². The molecule has 4 heterocycles. The van der Waals surface area contributed by atoms with Gasteiger partial charge in [-0.1, -0.05) is 17.3 Å². The van der Waals surface area contributed by atoms with Gasteiger partial charge in [0.1, 0.15) is 12.7 Å². The van der Waals surface area contributed by atoms with Gasteiger partial charge in [0, 0.05) is 45.1 Å². The number of hydrogen-bond acceptors (Lipinski definition) is 8. The van der Waals surface area contributed by atoms with Gasteiger partial charge in [-0.15, -0.1) is 5.10 Å². The van der Waals surface area contributed by atoms with Crippen molar-refractivity contribution in [2.45, 2.75) is 39.6 Å². The van der Waals surface area contributed by atoms with Crippen LogP contribution in [0, 0.1) is 17.0 Å². The van der Waals surface area contributed by atoms with Gasteiger partial charge in [-0.3, -0.25) is 14.9 Å². The van der Waals surface area contributed by atoms with Gasteiger partial charge in [0.25, 0.3) is 0 Å². The maximum atomic E-state index is 11.2. The molecule has 0 N–H and O–H groups in total. The standard InChI is InChI=1S/C21H23N9O2/c1-17-24-12-21(30(31)32)29(17)11-10-28-16-20(25-26-28)15-27(13-18-6-2-4-8-22-18)14-19-7-3-5-9-23-19/h2-9,12,16H,10-11,13-15H2,1H3. The first-order chi connectivity index (χ1) is 15.6. The number of nitro groups is 1. The maximum absolute atomic E-state index is 11.2. The summed E-state index contributed by atoms with van der Waals surface area (Å²) >= 11 is 0. The molecule has 11 nitrogen and oxygen atoms in total. The molecule has 0 bridgehead atoms. The summed E-state index contributed by atoms with van der Waals surface area (Å²) in [6.45, 7) is 4.43. The van der Waals surface area contributed by atoms with E-state index in [0.717, 1.165) is 17.1 Å². The van der Waals surface area contributed by atoms with Crippen molar-refractivity contribution in [1.82, 2.24) is 39.4 Å². The lowest BCUT2D eigenvalue weighted by Gasteiger charge is -2.20. The van der Waals surface area contributed by atoms with Crippen molar-refractivity contribution >= 4 is 5.82 Å². The van der Waals surface area contributed by atoms with Gasteiger partial charge >= 0.3 is 5.82 Å². The molecule has 0 spiro atoms. The van der Waals surface area contributed by atoms with Crippen molar-refractivity contribution in [3.8, 4) is 0 Å². The first-order valence-electron chi connectivity index (χ1n) is 10.2. The minimum Gasteiger partial charge on any atom is -0.358 e. The van der Waals surface area contributed by atoms with Crippen LogP contribution in [0.2, 0.25) is 0 Å². The predicted octanol–water partition coefficient (Wildman–Crippen LogP) is 2.38. The van der Waals surface area contributed by atoms with E-state index in [4.69, 9.17) is 0 Å². The zero-order valence-electron chi connectivity index (χ0n) is 17.7. The Morgan fingerprint density at radius 2 is 1.59 bits per heavy atom. The Balaban J connectivity index is 1.44. The number of pyridine rings is 2. The molecule has 4 rings (SSSR count). The van der Waals surface area contributed by atoms with Gasteiger partial charge in [-0.25, -0.2) is 14.2 Å². The summed E-state index contributed by atoms with van der Waals surface area (Å²) in [5.41, 5.74) is 2.71. The second kappa shape index (κ2) is 9.88. The van der Waals surface area contributed by atoms with Crippen LogP contribution in [0.5, 0.6) is 0 Å². The molecule has 0 radical (unpaired) electrons. The molecular formula is C21H23N9O2. The van der Waals surface area contributed by atoms with Gasteiger partial charge in [0.15, 0.2) is 5.82 Å². The lowest BCUT2D eigenvalue weighted by Crippen LogP contribution is -2.23. The molecule has 0 atom stereocenters. The van der Waals surface area contributed by atoms with E-state index in [-0.39, 0.29) is 5.82 Å². The molecule has 0 saturated carbocycles. The summed E-state index contributed by atoms with van der Waals surface area (Å²) in [4.78, 5) is 25.8. The normalized spacial score (nSPS) is 11.2. The minimum absolute atomic E-state index is 0.0280. The van der Waals surface area contributed by atoms with Gasteiger partial charge < -0.3 is 10.1 Å². The van der Waals surface area contributed by atoms with Gasteiger partial charge in [-0.05, 0) is 29.2 Å². The summed E-state index contributed by atoms with van der Waals surface area (Å²) < 4.78 is 3.26. The lowest BCUT2D eigenvalue weighted by atomic mass is 10.2. The van der Waals surface area contributed by atoms with Gasteiger partial charge in [-0.2, -0.15) is 0 Å². The molecule has 0 aliphatic carbocycles. The number of hydrogen-bond donors (Lipinski definition) is 0. The fraction of sp³-hybridized carbons (Fsp3) is 0.286. The zero-order valence-corrected chi connectivity index (χ0v) is 17.7. The van der Waals surface area contributed by atoms with Crippen molar-refractivity contribution < 1.29 is 4.92 Å². The first kappa shape index (κ1) is 21.2. The molecule has 0 amide bonds. The van der Waals surface area contributed by atoms with Crippen LogP contribution in [0.1, 0.15) is 22.9 Å². The van der Waals surface area contributed by atoms with Crippen LogP contribution in [0.25, 0.3) is 0 Å². The molecule has 11 heteroatoms. The molecule has 32 heavy (non-hydrogen) atoms. The third kappa shape index (κ3) is 5.38. The van der Waals surface area contributed by atoms with E-state index in [2.05, 4.69) is 30.2 Å². The Morgan fingerprint density at radius 1 is 0.938 bits per heavy atom. The first-order valence-corrected chi connectivity index (χ1v) is 10.2. The molecule has 164 valence electrons. The number of aryl methyl sites for hydroxylation is 2. The van der Waals surface area contributed by atoms with Gasteiger partial charge in [0.2, 0.25) is 0 Å². The van der Waals surface area contributed by atoms with E-state index in [0.29, 0.717) is 38.5 Å². The lowest BCUT2D eigenvalue weighted by molar-refractivity contribution is -0.392. The van der Waals surface area contributed by atoms with Crippen molar-refractivity contribution in [3.63, 3.8) is 0 Å². The number of rotatable bonds is 10. The average molecular weight is 433 g/mol. The predicted molar refractivity (Wildman–Crippen MR) is 115 cm³/mol. The molecule has 0 aliphatic rings. The zero-order chi connectivity index (χ0) is 22.3. The number of imidazole rings is 1. The largest absolute Gasteiger partial charge is 0.358 e. The van der Waals surface area contributed by atoms with E-state index in [1.54, 1.807) is 28.6 Å². The number of nitrogens with zero attached hydrogens (tertiary/aromatic N) is 9. The van der Waals surface area contributed by atoms with Crippen LogP contribution < -0.4 is 0 Å². The van der Waals surface area contributed by atoms with E-state index >= 15 is 0 Å². The smallest absolute Gasteiger partial charge is 0.342 e. The van der Waals surface area contributed by atoms with Crippen LogP contribution in [-0.2, 0) is 32.7 Å². The highest BCUT2D eigenvalue weighted by atomic mass is 16.6. The summed E-state index contributed by atoms with van der Waals surface area (Å²) in [6, 6.07) is 11.7. The maximum Gasteiger partial charge on any atom is 0.342 e. The van der Waals surface area contributed by atoms with Crippen LogP contribution >= 0.6 is 0 Å². The molecule has 0 aliphatic heterocycles. The Hall–Kier alpha value is -3.99. The fourth-order valence-corrected chi connectivity index (χ4v) is 3.44. The SMILES string of the molecule is Cc1ncc([N+](=O)[O-])n1CCn1cc(CN(Cc2ccccn2)Cc2ccccn2)nn1. The fourth-order valence-electron chi connectivity index (χ4n) is 3.44. The topological polar surface area (TPSA) is 121 Å². The monoisotopic (exact) mass is 433 g/mol. The highest BCUT2D eigenvalue weighted by molar-refractivity contribution is 5.18. The highest BCUT2D eigenvalue weighted by Crippen LogP contribution is 2.14. The van der Waals surface area contributed by atoms with Crippen molar-refractivity contribution in [2.75, 3.05) is 0 Å². The van der Waals surface area contributed by atoms with Gasteiger partial charge in [0.05, 0.1) is 23.6 Å².